The fourth-order valence-corrected chi connectivity index (χ4v) is 3.22. The van der Waals surface area contributed by atoms with Crippen LogP contribution < -0.4 is 5.32 Å². The number of hydrogen-bond donors (Lipinski definition) is 1. The summed E-state index contributed by atoms with van der Waals surface area (Å²) in [6.07, 6.45) is 6.37. The van der Waals surface area contributed by atoms with Gasteiger partial charge in [-0.3, -0.25) is 4.79 Å². The molecule has 0 saturated carbocycles. The van der Waals surface area contributed by atoms with E-state index >= 15 is 0 Å². The number of amides is 1. The summed E-state index contributed by atoms with van der Waals surface area (Å²) in [4.78, 5) is 14.5. The van der Waals surface area contributed by atoms with Gasteiger partial charge in [-0.2, -0.15) is 0 Å². The molecule has 0 atom stereocenters. The standard InChI is InChI=1S/C17H22Cl2N2O/c1-2-10-21-11-8-13(9-12-21)20-17(22)7-6-14-15(18)4-3-5-16(14)19/h3-7,13H,2,8-12H2,1H3,(H,20,22)/b7-6+. The highest BCUT2D eigenvalue weighted by Crippen LogP contribution is 2.25. The molecule has 1 aliphatic rings. The first-order valence-electron chi connectivity index (χ1n) is 7.75. The number of nitrogens with one attached hydrogen (secondary N) is 1. The number of rotatable bonds is 5. The zero-order valence-electron chi connectivity index (χ0n) is 12.8. The Balaban J connectivity index is 1.85. The van der Waals surface area contributed by atoms with E-state index < -0.39 is 0 Å². The summed E-state index contributed by atoms with van der Waals surface area (Å²) in [6, 6.07) is 5.56. The minimum atomic E-state index is -0.0927. The third-order valence-electron chi connectivity index (χ3n) is 3.87. The molecule has 1 amide bonds. The zero-order chi connectivity index (χ0) is 15.9. The van der Waals surface area contributed by atoms with Crippen LogP contribution >= 0.6 is 23.2 Å². The normalized spacial score (nSPS) is 17.0. The number of carbonyl (C=O) groups is 1. The van der Waals surface area contributed by atoms with Crippen LogP contribution in [0.3, 0.4) is 0 Å². The number of halogens is 2. The molecule has 1 aromatic rings. The summed E-state index contributed by atoms with van der Waals surface area (Å²) in [5.74, 6) is -0.0927. The highest BCUT2D eigenvalue weighted by molar-refractivity contribution is 6.37. The molecular formula is C17H22Cl2N2O. The van der Waals surface area contributed by atoms with Gasteiger partial charge in [0.15, 0.2) is 0 Å². The fraction of sp³-hybridized carbons (Fsp3) is 0.471. The fourth-order valence-electron chi connectivity index (χ4n) is 2.70. The Morgan fingerprint density at radius 2 is 1.95 bits per heavy atom. The van der Waals surface area contributed by atoms with Crippen molar-refractivity contribution in [2.45, 2.75) is 32.2 Å². The van der Waals surface area contributed by atoms with Gasteiger partial charge in [-0.25, -0.2) is 0 Å². The number of hydrogen-bond acceptors (Lipinski definition) is 2. The molecule has 120 valence electrons. The minimum Gasteiger partial charge on any atom is -0.350 e. The Kier molecular flexibility index (Phi) is 6.74. The van der Waals surface area contributed by atoms with Crippen molar-refractivity contribution in [3.05, 3.63) is 39.9 Å². The van der Waals surface area contributed by atoms with Crippen LogP contribution in [0.2, 0.25) is 10.0 Å². The average Bonchev–Trinajstić information content (AvgIpc) is 2.49. The van der Waals surface area contributed by atoms with Gasteiger partial charge >= 0.3 is 0 Å². The maximum atomic E-state index is 12.0. The van der Waals surface area contributed by atoms with E-state index in [4.69, 9.17) is 23.2 Å². The molecule has 22 heavy (non-hydrogen) atoms. The minimum absolute atomic E-state index is 0.0927. The molecule has 0 unspecified atom stereocenters. The summed E-state index contributed by atoms with van der Waals surface area (Å²) in [6.45, 7) is 5.45. The number of benzene rings is 1. The maximum Gasteiger partial charge on any atom is 0.244 e. The largest absolute Gasteiger partial charge is 0.350 e. The number of carbonyl (C=O) groups excluding carboxylic acids is 1. The van der Waals surface area contributed by atoms with Gasteiger partial charge < -0.3 is 10.2 Å². The van der Waals surface area contributed by atoms with Crippen molar-refractivity contribution in [2.24, 2.45) is 0 Å². The topological polar surface area (TPSA) is 32.3 Å². The van der Waals surface area contributed by atoms with E-state index in [1.165, 1.54) is 12.5 Å². The van der Waals surface area contributed by atoms with Crippen molar-refractivity contribution < 1.29 is 4.79 Å². The second kappa shape index (κ2) is 8.56. The van der Waals surface area contributed by atoms with Crippen LogP contribution in [-0.2, 0) is 4.79 Å². The summed E-state index contributed by atoms with van der Waals surface area (Å²) >= 11 is 12.2. The lowest BCUT2D eigenvalue weighted by molar-refractivity contribution is -0.117. The summed E-state index contributed by atoms with van der Waals surface area (Å²) < 4.78 is 0. The Morgan fingerprint density at radius 3 is 2.55 bits per heavy atom. The first kappa shape index (κ1) is 17.3. The van der Waals surface area contributed by atoms with E-state index in [1.807, 2.05) is 0 Å². The van der Waals surface area contributed by atoms with Crippen LogP contribution in [0.1, 0.15) is 31.7 Å². The molecule has 3 nitrogen and oxygen atoms in total. The molecule has 1 N–H and O–H groups in total. The van der Waals surface area contributed by atoms with Crippen LogP contribution in [-0.4, -0.2) is 36.5 Å². The highest BCUT2D eigenvalue weighted by atomic mass is 35.5. The molecule has 0 aliphatic carbocycles. The van der Waals surface area contributed by atoms with Gasteiger partial charge in [0.2, 0.25) is 5.91 Å². The Morgan fingerprint density at radius 1 is 1.32 bits per heavy atom. The SMILES string of the molecule is CCCN1CCC(NC(=O)/C=C/c2c(Cl)cccc2Cl)CC1. The first-order valence-corrected chi connectivity index (χ1v) is 8.50. The second-order valence-corrected chi connectivity index (χ2v) is 6.41. The first-order chi connectivity index (χ1) is 10.6. The second-order valence-electron chi connectivity index (χ2n) is 5.59. The summed E-state index contributed by atoms with van der Waals surface area (Å²) in [5.41, 5.74) is 0.679. The van der Waals surface area contributed by atoms with Gasteiger partial charge in [0.25, 0.3) is 0 Å². The van der Waals surface area contributed by atoms with Crippen LogP contribution in [0, 0.1) is 0 Å². The van der Waals surface area contributed by atoms with Gasteiger partial charge in [0.1, 0.15) is 0 Å². The molecule has 1 saturated heterocycles. The third-order valence-corrected chi connectivity index (χ3v) is 4.53. The third kappa shape index (κ3) is 5.01. The van der Waals surface area contributed by atoms with E-state index in [9.17, 15) is 4.79 Å². The van der Waals surface area contributed by atoms with Crippen molar-refractivity contribution >= 4 is 35.2 Å². The lowest BCUT2D eigenvalue weighted by atomic mass is 10.0. The zero-order valence-corrected chi connectivity index (χ0v) is 14.3. The molecule has 2 rings (SSSR count). The van der Waals surface area contributed by atoms with Crippen LogP contribution in [0.15, 0.2) is 24.3 Å². The van der Waals surface area contributed by atoms with Crippen molar-refractivity contribution in [1.29, 1.82) is 0 Å². The van der Waals surface area contributed by atoms with Gasteiger partial charge in [-0.1, -0.05) is 36.2 Å². The van der Waals surface area contributed by atoms with Crippen molar-refractivity contribution in [1.82, 2.24) is 10.2 Å². The summed E-state index contributed by atoms with van der Waals surface area (Å²) in [5, 5.41) is 4.14. The van der Waals surface area contributed by atoms with E-state index in [0.29, 0.717) is 15.6 Å². The van der Waals surface area contributed by atoms with Gasteiger partial charge in [-0.15, -0.1) is 0 Å². The smallest absolute Gasteiger partial charge is 0.244 e. The van der Waals surface area contributed by atoms with E-state index in [2.05, 4.69) is 17.1 Å². The molecule has 1 fully saturated rings. The van der Waals surface area contributed by atoms with E-state index in [0.717, 1.165) is 32.5 Å². The predicted octanol–water partition coefficient (Wildman–Crippen LogP) is 4.00. The van der Waals surface area contributed by atoms with Crippen molar-refractivity contribution in [2.75, 3.05) is 19.6 Å². The van der Waals surface area contributed by atoms with E-state index in [1.54, 1.807) is 24.3 Å². The Labute approximate surface area is 142 Å². The Hall–Kier alpha value is -1.03. The van der Waals surface area contributed by atoms with Crippen LogP contribution in [0.25, 0.3) is 6.08 Å². The van der Waals surface area contributed by atoms with E-state index in [-0.39, 0.29) is 11.9 Å². The van der Waals surface area contributed by atoms with Crippen molar-refractivity contribution in [3.8, 4) is 0 Å². The summed E-state index contributed by atoms with van der Waals surface area (Å²) in [7, 11) is 0. The quantitative estimate of drug-likeness (QED) is 0.821. The number of piperidine rings is 1. The highest BCUT2D eigenvalue weighted by Gasteiger charge is 2.19. The molecule has 1 heterocycles. The molecule has 0 aromatic heterocycles. The molecule has 0 radical (unpaired) electrons. The monoisotopic (exact) mass is 340 g/mol. The lowest BCUT2D eigenvalue weighted by Crippen LogP contribution is -2.44. The van der Waals surface area contributed by atoms with Crippen LogP contribution in [0.5, 0.6) is 0 Å². The molecular weight excluding hydrogens is 319 g/mol. The van der Waals surface area contributed by atoms with Crippen LogP contribution in [0.4, 0.5) is 0 Å². The predicted molar refractivity (Wildman–Crippen MR) is 93.4 cm³/mol. The average molecular weight is 341 g/mol. The number of nitrogens with zero attached hydrogens (tertiary/aromatic N) is 1. The van der Waals surface area contributed by atoms with Gasteiger partial charge in [-0.05, 0) is 44.0 Å². The van der Waals surface area contributed by atoms with Gasteiger partial charge in [0.05, 0.1) is 0 Å². The number of likely N-dealkylation sites (tertiary alicyclic amines) is 1. The van der Waals surface area contributed by atoms with Gasteiger partial charge in [0, 0.05) is 40.8 Å². The molecule has 5 heteroatoms. The Bertz CT molecular complexity index is 517. The molecule has 1 aromatic carbocycles. The molecule has 1 aliphatic heterocycles. The van der Waals surface area contributed by atoms with Crippen molar-refractivity contribution in [3.63, 3.8) is 0 Å². The molecule has 0 spiro atoms. The lowest BCUT2D eigenvalue weighted by Gasteiger charge is -2.31. The molecule has 0 bridgehead atoms. The maximum absolute atomic E-state index is 12.0.